The summed E-state index contributed by atoms with van der Waals surface area (Å²) in [7, 11) is 0. The monoisotopic (exact) mass is 359 g/mol. The fourth-order valence-electron chi connectivity index (χ4n) is 3.57. The maximum Gasteiger partial charge on any atom is 0.275 e. The highest BCUT2D eigenvalue weighted by Gasteiger charge is 2.55. The van der Waals surface area contributed by atoms with E-state index in [-0.39, 0.29) is 17.7 Å². The Hall–Kier alpha value is -2.55. The topological polar surface area (TPSA) is 97.3 Å². The van der Waals surface area contributed by atoms with E-state index in [9.17, 15) is 9.59 Å². The Labute approximate surface area is 148 Å². The molecule has 2 aliphatic heterocycles. The van der Waals surface area contributed by atoms with Crippen LogP contribution in [0.2, 0.25) is 0 Å². The average Bonchev–Trinajstić information content (AvgIpc) is 3.37. The zero-order valence-corrected chi connectivity index (χ0v) is 14.2. The lowest BCUT2D eigenvalue weighted by Gasteiger charge is -2.27. The molecule has 1 spiro atoms. The molecule has 0 saturated carbocycles. The Kier molecular flexibility index (Phi) is 4.08. The van der Waals surface area contributed by atoms with Crippen LogP contribution in [0.4, 0.5) is 0 Å². The Balaban J connectivity index is 1.47. The number of hydrogen-bond acceptors (Lipinski definition) is 7. The van der Waals surface area contributed by atoms with Crippen molar-refractivity contribution >= 4 is 23.3 Å². The van der Waals surface area contributed by atoms with Crippen LogP contribution in [-0.4, -0.2) is 57.5 Å². The molecule has 0 aromatic carbocycles. The fourth-order valence-corrected chi connectivity index (χ4v) is 4.00. The van der Waals surface area contributed by atoms with E-state index < -0.39 is 5.41 Å². The molecule has 2 saturated heterocycles. The van der Waals surface area contributed by atoms with Gasteiger partial charge in [-0.2, -0.15) is 0 Å². The number of aromatic nitrogens is 3. The molecule has 2 aliphatic rings. The van der Waals surface area contributed by atoms with Gasteiger partial charge >= 0.3 is 0 Å². The number of rotatable bonds is 4. The van der Waals surface area contributed by atoms with Crippen molar-refractivity contribution in [3.8, 4) is 5.75 Å². The summed E-state index contributed by atoms with van der Waals surface area (Å²) in [5, 5.41) is 8.40. The minimum absolute atomic E-state index is 0.000936. The standard InChI is InChI=1S/C16H17N5O3S/c22-14(13-9-25-20-19-13)21-5-3-16(10-21)11(6-18-15(16)23)8-24-12-2-1-4-17-7-12/h1-2,4,7,9,11H,3,5-6,8,10H2,(H,18,23)/t11-,16-/m1/s1. The summed E-state index contributed by atoms with van der Waals surface area (Å²) in [6.07, 6.45) is 3.96. The summed E-state index contributed by atoms with van der Waals surface area (Å²) in [5.41, 5.74) is -0.259. The molecule has 0 unspecified atom stereocenters. The summed E-state index contributed by atoms with van der Waals surface area (Å²) in [4.78, 5) is 30.7. The van der Waals surface area contributed by atoms with Gasteiger partial charge in [-0.3, -0.25) is 14.6 Å². The quantitative estimate of drug-likeness (QED) is 0.858. The van der Waals surface area contributed by atoms with Crippen LogP contribution >= 0.6 is 11.5 Å². The van der Waals surface area contributed by atoms with Gasteiger partial charge in [-0.25, -0.2) is 0 Å². The van der Waals surface area contributed by atoms with E-state index in [0.29, 0.717) is 44.1 Å². The molecule has 130 valence electrons. The zero-order valence-electron chi connectivity index (χ0n) is 13.4. The van der Waals surface area contributed by atoms with Crippen LogP contribution < -0.4 is 10.1 Å². The van der Waals surface area contributed by atoms with Gasteiger partial charge in [-0.1, -0.05) is 4.49 Å². The predicted molar refractivity (Wildman–Crippen MR) is 89.1 cm³/mol. The molecule has 0 bridgehead atoms. The predicted octanol–water partition coefficient (Wildman–Crippen LogP) is 0.590. The first-order valence-electron chi connectivity index (χ1n) is 8.06. The maximum absolute atomic E-state index is 12.5. The molecule has 2 aromatic rings. The van der Waals surface area contributed by atoms with Gasteiger partial charge in [-0.05, 0) is 30.1 Å². The number of nitrogens with zero attached hydrogens (tertiary/aromatic N) is 4. The molecule has 0 aliphatic carbocycles. The third kappa shape index (κ3) is 2.84. The Bertz CT molecular complexity index is 769. The highest BCUT2D eigenvalue weighted by molar-refractivity contribution is 7.03. The second-order valence-electron chi connectivity index (χ2n) is 6.33. The van der Waals surface area contributed by atoms with Gasteiger partial charge in [0.25, 0.3) is 5.91 Å². The van der Waals surface area contributed by atoms with Crippen molar-refractivity contribution in [1.82, 2.24) is 24.8 Å². The van der Waals surface area contributed by atoms with E-state index in [1.807, 2.05) is 6.07 Å². The van der Waals surface area contributed by atoms with Crippen LogP contribution in [0.3, 0.4) is 0 Å². The lowest BCUT2D eigenvalue weighted by Crippen LogP contribution is -2.41. The van der Waals surface area contributed by atoms with Crippen molar-refractivity contribution in [3.63, 3.8) is 0 Å². The van der Waals surface area contributed by atoms with Crippen LogP contribution in [0, 0.1) is 11.3 Å². The molecule has 2 atom stereocenters. The van der Waals surface area contributed by atoms with Crippen LogP contribution in [0.5, 0.6) is 5.75 Å². The van der Waals surface area contributed by atoms with Gasteiger partial charge in [0, 0.05) is 37.1 Å². The van der Waals surface area contributed by atoms with E-state index in [2.05, 4.69) is 19.9 Å². The van der Waals surface area contributed by atoms with Crippen molar-refractivity contribution < 1.29 is 14.3 Å². The van der Waals surface area contributed by atoms with Crippen molar-refractivity contribution in [2.45, 2.75) is 6.42 Å². The molecule has 1 N–H and O–H groups in total. The summed E-state index contributed by atoms with van der Waals surface area (Å²) in [6.45, 7) is 1.88. The largest absolute Gasteiger partial charge is 0.492 e. The molecule has 4 heterocycles. The molecule has 8 nitrogen and oxygen atoms in total. The maximum atomic E-state index is 12.5. The number of ether oxygens (including phenoxy) is 1. The van der Waals surface area contributed by atoms with Crippen molar-refractivity contribution in [2.24, 2.45) is 11.3 Å². The van der Waals surface area contributed by atoms with Crippen molar-refractivity contribution in [3.05, 3.63) is 35.6 Å². The number of nitrogens with one attached hydrogen (secondary N) is 1. The highest BCUT2D eigenvalue weighted by atomic mass is 32.1. The summed E-state index contributed by atoms with van der Waals surface area (Å²) >= 11 is 1.14. The lowest BCUT2D eigenvalue weighted by atomic mass is 9.77. The molecule has 4 rings (SSSR count). The van der Waals surface area contributed by atoms with E-state index in [1.165, 1.54) is 0 Å². The SMILES string of the molecule is O=C(c1csnn1)N1CC[C@]2(C1)C(=O)NC[C@@H]2COc1cccnc1. The number of hydrogen-bond donors (Lipinski definition) is 1. The number of amides is 2. The summed E-state index contributed by atoms with van der Waals surface area (Å²) in [6, 6.07) is 3.64. The summed E-state index contributed by atoms with van der Waals surface area (Å²) < 4.78 is 9.55. The third-order valence-electron chi connectivity index (χ3n) is 5.00. The van der Waals surface area contributed by atoms with Crippen LogP contribution in [0.15, 0.2) is 29.9 Å². The van der Waals surface area contributed by atoms with Crippen LogP contribution in [0.1, 0.15) is 16.9 Å². The third-order valence-corrected chi connectivity index (χ3v) is 5.50. The highest BCUT2D eigenvalue weighted by Crippen LogP contribution is 2.42. The molecule has 0 radical (unpaired) electrons. The molecule has 2 fully saturated rings. The van der Waals surface area contributed by atoms with Crippen LogP contribution in [0.25, 0.3) is 0 Å². The second-order valence-corrected chi connectivity index (χ2v) is 6.94. The molecule has 2 aromatic heterocycles. The minimum atomic E-state index is -0.596. The summed E-state index contributed by atoms with van der Waals surface area (Å²) in [5.74, 6) is 0.513. The lowest BCUT2D eigenvalue weighted by molar-refractivity contribution is -0.128. The van der Waals surface area contributed by atoms with Gasteiger partial charge in [-0.15, -0.1) is 5.10 Å². The first-order valence-corrected chi connectivity index (χ1v) is 8.90. The molecular weight excluding hydrogens is 342 g/mol. The normalized spacial score (nSPS) is 25.4. The average molecular weight is 359 g/mol. The minimum Gasteiger partial charge on any atom is -0.492 e. The van der Waals surface area contributed by atoms with E-state index in [4.69, 9.17) is 4.74 Å². The smallest absolute Gasteiger partial charge is 0.275 e. The Morgan fingerprint density at radius 1 is 1.52 bits per heavy atom. The number of pyridine rings is 1. The number of carbonyl (C=O) groups is 2. The Morgan fingerprint density at radius 2 is 2.44 bits per heavy atom. The van der Waals surface area contributed by atoms with E-state index in [0.717, 1.165) is 11.5 Å². The molecule has 25 heavy (non-hydrogen) atoms. The first kappa shape index (κ1) is 15.9. The first-order chi connectivity index (χ1) is 12.2. The van der Waals surface area contributed by atoms with Crippen molar-refractivity contribution in [2.75, 3.05) is 26.2 Å². The van der Waals surface area contributed by atoms with Gasteiger partial charge in [0.1, 0.15) is 5.75 Å². The molecule has 9 heteroatoms. The Morgan fingerprint density at radius 3 is 3.20 bits per heavy atom. The van der Waals surface area contributed by atoms with E-state index >= 15 is 0 Å². The van der Waals surface area contributed by atoms with E-state index in [1.54, 1.807) is 28.7 Å². The van der Waals surface area contributed by atoms with Crippen molar-refractivity contribution in [1.29, 1.82) is 0 Å². The molecular formula is C16H17N5O3S. The second kappa shape index (κ2) is 6.40. The van der Waals surface area contributed by atoms with Gasteiger partial charge in [0.15, 0.2) is 5.69 Å². The molecule has 2 amide bonds. The van der Waals surface area contributed by atoms with Gasteiger partial charge in [0.2, 0.25) is 5.91 Å². The van der Waals surface area contributed by atoms with Crippen LogP contribution in [-0.2, 0) is 4.79 Å². The number of likely N-dealkylation sites (tertiary alicyclic amines) is 1. The fraction of sp³-hybridized carbons (Fsp3) is 0.438. The van der Waals surface area contributed by atoms with Gasteiger partial charge in [0.05, 0.1) is 18.2 Å². The number of carbonyl (C=O) groups excluding carboxylic acids is 2. The zero-order chi connectivity index (χ0) is 17.3. The van der Waals surface area contributed by atoms with Gasteiger partial charge < -0.3 is 15.0 Å².